The van der Waals surface area contributed by atoms with Crippen LogP contribution in [-0.4, -0.2) is 58.2 Å². The van der Waals surface area contributed by atoms with Crippen LogP contribution in [0.2, 0.25) is 0 Å². The van der Waals surface area contributed by atoms with Gasteiger partial charge in [-0.2, -0.15) is 4.39 Å². The Morgan fingerprint density at radius 2 is 2.18 bits per heavy atom. The third-order valence-electron chi connectivity index (χ3n) is 5.95. The Kier molecular flexibility index (Phi) is 4.81. The van der Waals surface area contributed by atoms with Crippen molar-refractivity contribution in [1.29, 1.82) is 0 Å². The van der Waals surface area contributed by atoms with Crippen LogP contribution >= 0.6 is 0 Å². The molecule has 0 unspecified atom stereocenters. The van der Waals surface area contributed by atoms with Gasteiger partial charge in [-0.3, -0.25) is 9.69 Å². The molecule has 1 saturated heterocycles. The summed E-state index contributed by atoms with van der Waals surface area (Å²) < 4.78 is 18.6. The lowest BCUT2D eigenvalue weighted by Crippen LogP contribution is -2.55. The molecular formula is C21H23FN2O4. The van der Waals surface area contributed by atoms with Crippen molar-refractivity contribution in [3.05, 3.63) is 53.6 Å². The summed E-state index contributed by atoms with van der Waals surface area (Å²) in [4.78, 5) is 17.9. The summed E-state index contributed by atoms with van der Waals surface area (Å²) >= 11 is 0. The maximum atomic E-state index is 13.4. The quantitative estimate of drug-likeness (QED) is 0.584. The number of carbonyl (C=O) groups excluding carboxylic acids is 1. The topological polar surface area (TPSA) is 82.9 Å². The molecule has 1 aliphatic carbocycles. The fourth-order valence-electron chi connectivity index (χ4n) is 4.56. The van der Waals surface area contributed by atoms with Crippen molar-refractivity contribution in [2.24, 2.45) is 11.8 Å². The number of nitrogens with zero attached hydrogens (tertiary/aromatic N) is 2. The molecule has 1 aliphatic heterocycles. The maximum absolute atomic E-state index is 13.4. The van der Waals surface area contributed by atoms with E-state index >= 15 is 0 Å². The van der Waals surface area contributed by atoms with Gasteiger partial charge in [-0.25, -0.2) is 4.98 Å². The number of hydrogen-bond donors (Lipinski definition) is 2. The largest absolute Gasteiger partial charge is 0.504 e. The number of halogens is 1. The fraction of sp³-hybridized carbons (Fsp3) is 0.429. The van der Waals surface area contributed by atoms with Crippen LogP contribution in [0.25, 0.3) is 0 Å². The average Bonchev–Trinajstić information content (AvgIpc) is 3.01. The zero-order chi connectivity index (χ0) is 19.9. The summed E-state index contributed by atoms with van der Waals surface area (Å²) in [5.74, 6) is -0.678. The van der Waals surface area contributed by atoms with Gasteiger partial charge in [0, 0.05) is 25.4 Å². The van der Waals surface area contributed by atoms with Gasteiger partial charge in [0.25, 0.3) is 5.95 Å². The number of methoxy groups -OCH3 is 1. The maximum Gasteiger partial charge on any atom is 0.255 e. The SMILES string of the molecule is COc1cccc(C[C@@]2(O)C[C@@H]3CN(CC(=O)c4ccc(O)c(F)n4)C[C@@H]32)c1. The Bertz CT molecular complexity index is 906. The van der Waals surface area contributed by atoms with Gasteiger partial charge >= 0.3 is 0 Å². The number of fused-ring (bicyclic) bond motifs is 1. The van der Waals surface area contributed by atoms with Crippen molar-refractivity contribution >= 4 is 5.78 Å². The molecule has 148 valence electrons. The van der Waals surface area contributed by atoms with Crippen molar-refractivity contribution in [3.8, 4) is 11.5 Å². The van der Waals surface area contributed by atoms with Gasteiger partial charge in [-0.1, -0.05) is 12.1 Å². The van der Waals surface area contributed by atoms with E-state index in [4.69, 9.17) is 4.74 Å². The smallest absolute Gasteiger partial charge is 0.255 e. The Morgan fingerprint density at radius 1 is 1.36 bits per heavy atom. The molecule has 0 amide bonds. The van der Waals surface area contributed by atoms with Gasteiger partial charge in [-0.15, -0.1) is 0 Å². The zero-order valence-electron chi connectivity index (χ0n) is 15.6. The molecule has 7 heteroatoms. The molecular weight excluding hydrogens is 363 g/mol. The van der Waals surface area contributed by atoms with Crippen LogP contribution in [0.1, 0.15) is 22.5 Å². The number of benzene rings is 1. The van der Waals surface area contributed by atoms with Crippen molar-refractivity contribution < 1.29 is 24.1 Å². The first kappa shape index (κ1) is 18.8. The van der Waals surface area contributed by atoms with E-state index < -0.39 is 17.3 Å². The molecule has 0 spiro atoms. The minimum atomic E-state index is -1.04. The third kappa shape index (κ3) is 3.47. The molecule has 0 radical (unpaired) electrons. The van der Waals surface area contributed by atoms with Crippen LogP contribution in [-0.2, 0) is 6.42 Å². The Balaban J connectivity index is 1.38. The number of pyridine rings is 1. The molecule has 0 bridgehead atoms. The van der Waals surface area contributed by atoms with E-state index in [1.807, 2.05) is 29.2 Å². The third-order valence-corrected chi connectivity index (χ3v) is 5.95. The molecule has 6 nitrogen and oxygen atoms in total. The summed E-state index contributed by atoms with van der Waals surface area (Å²) in [7, 11) is 1.62. The molecule has 1 saturated carbocycles. The first-order valence-corrected chi connectivity index (χ1v) is 9.34. The van der Waals surface area contributed by atoms with Gasteiger partial charge in [0.05, 0.1) is 19.3 Å². The number of ether oxygens (including phenoxy) is 1. The highest BCUT2D eigenvalue weighted by atomic mass is 19.1. The predicted octanol–water partition coefficient (Wildman–Crippen LogP) is 2.04. The van der Waals surface area contributed by atoms with Crippen LogP contribution in [0.15, 0.2) is 36.4 Å². The summed E-state index contributed by atoms with van der Waals surface area (Å²) in [5.41, 5.74) is 0.248. The van der Waals surface area contributed by atoms with E-state index in [-0.39, 0.29) is 23.9 Å². The highest BCUT2D eigenvalue weighted by Gasteiger charge is 2.56. The van der Waals surface area contributed by atoms with Gasteiger partial charge in [0.15, 0.2) is 11.5 Å². The summed E-state index contributed by atoms with van der Waals surface area (Å²) in [6, 6.07) is 10.2. The van der Waals surface area contributed by atoms with E-state index in [0.29, 0.717) is 25.3 Å². The second kappa shape index (κ2) is 7.14. The van der Waals surface area contributed by atoms with Crippen LogP contribution in [0.4, 0.5) is 4.39 Å². The Labute approximate surface area is 162 Å². The summed E-state index contributed by atoms with van der Waals surface area (Å²) in [6.07, 6.45) is 1.25. The molecule has 2 N–H and O–H groups in total. The monoisotopic (exact) mass is 386 g/mol. The van der Waals surface area contributed by atoms with E-state index in [1.165, 1.54) is 6.07 Å². The van der Waals surface area contributed by atoms with Gasteiger partial charge in [0.1, 0.15) is 11.4 Å². The normalized spacial score (nSPS) is 26.5. The molecule has 28 heavy (non-hydrogen) atoms. The lowest BCUT2D eigenvalue weighted by Gasteiger charge is -2.48. The number of carbonyl (C=O) groups is 1. The minimum Gasteiger partial charge on any atom is -0.504 e. The second-order valence-corrected chi connectivity index (χ2v) is 7.83. The van der Waals surface area contributed by atoms with E-state index in [0.717, 1.165) is 23.9 Å². The molecule has 3 atom stereocenters. The van der Waals surface area contributed by atoms with Crippen LogP contribution in [0.5, 0.6) is 11.5 Å². The van der Waals surface area contributed by atoms with Crippen LogP contribution in [0, 0.1) is 17.8 Å². The number of rotatable bonds is 6. The van der Waals surface area contributed by atoms with E-state index in [1.54, 1.807) is 7.11 Å². The fourth-order valence-corrected chi connectivity index (χ4v) is 4.56. The molecule has 2 heterocycles. The highest BCUT2D eigenvalue weighted by Crippen LogP contribution is 2.50. The average molecular weight is 386 g/mol. The Hall–Kier alpha value is -2.51. The van der Waals surface area contributed by atoms with Crippen molar-refractivity contribution in [3.63, 3.8) is 0 Å². The number of aromatic nitrogens is 1. The standard InChI is InChI=1S/C21H23FN2O4/c1-28-15-4-2-3-13(7-15)8-21(27)9-14-10-24(11-16(14)21)12-19(26)17-5-6-18(25)20(22)23-17/h2-7,14,16,25,27H,8-12H2,1H3/t14-,16+,21-/m1/s1. The molecule has 2 aliphatic rings. The van der Waals surface area contributed by atoms with Gasteiger partial charge in [0.2, 0.25) is 0 Å². The van der Waals surface area contributed by atoms with E-state index in [2.05, 4.69) is 4.98 Å². The molecule has 4 rings (SSSR count). The molecule has 1 aromatic heterocycles. The second-order valence-electron chi connectivity index (χ2n) is 7.83. The van der Waals surface area contributed by atoms with Crippen LogP contribution in [0.3, 0.4) is 0 Å². The first-order chi connectivity index (χ1) is 13.4. The van der Waals surface area contributed by atoms with Crippen molar-refractivity contribution in [2.75, 3.05) is 26.7 Å². The van der Waals surface area contributed by atoms with Gasteiger partial charge in [-0.05, 0) is 42.2 Å². The number of ketones is 1. The highest BCUT2D eigenvalue weighted by molar-refractivity contribution is 5.95. The number of aromatic hydroxyl groups is 1. The summed E-state index contributed by atoms with van der Waals surface area (Å²) in [6.45, 7) is 1.48. The van der Waals surface area contributed by atoms with E-state index in [9.17, 15) is 19.4 Å². The van der Waals surface area contributed by atoms with Crippen molar-refractivity contribution in [2.45, 2.75) is 18.4 Å². The number of likely N-dealkylation sites (tertiary alicyclic amines) is 1. The molecule has 2 fully saturated rings. The predicted molar refractivity (Wildman–Crippen MR) is 99.9 cm³/mol. The minimum absolute atomic E-state index is 0.00110. The van der Waals surface area contributed by atoms with Crippen molar-refractivity contribution in [1.82, 2.24) is 9.88 Å². The zero-order valence-corrected chi connectivity index (χ0v) is 15.6. The first-order valence-electron chi connectivity index (χ1n) is 9.34. The van der Waals surface area contributed by atoms with Crippen LogP contribution < -0.4 is 4.74 Å². The Morgan fingerprint density at radius 3 is 2.93 bits per heavy atom. The number of hydrogen-bond acceptors (Lipinski definition) is 6. The summed E-state index contributed by atoms with van der Waals surface area (Å²) in [5, 5.41) is 20.3. The lowest BCUT2D eigenvalue weighted by atomic mass is 9.61. The molecule has 1 aromatic carbocycles. The lowest BCUT2D eigenvalue weighted by molar-refractivity contribution is -0.116. The number of aliphatic hydroxyl groups is 1. The van der Waals surface area contributed by atoms with Gasteiger partial charge < -0.3 is 14.9 Å². The number of Topliss-reactive ketones (excluding diaryl/α,β-unsaturated/α-hetero) is 1. The molecule has 2 aromatic rings.